The van der Waals surface area contributed by atoms with Crippen LogP contribution in [0.25, 0.3) is 0 Å². The first-order valence-corrected chi connectivity index (χ1v) is 10.1. The molecule has 7 heteroatoms. The minimum absolute atomic E-state index is 0.0155. The van der Waals surface area contributed by atoms with Gasteiger partial charge in [-0.25, -0.2) is 4.79 Å². The summed E-state index contributed by atoms with van der Waals surface area (Å²) < 4.78 is 0. The summed E-state index contributed by atoms with van der Waals surface area (Å²) in [4.78, 5) is 39.2. The number of thioether (sulfide) groups is 1. The van der Waals surface area contributed by atoms with Gasteiger partial charge in [0.15, 0.2) is 5.78 Å². The molecule has 0 bridgehead atoms. The number of carbonyl (C=O) groups is 3. The summed E-state index contributed by atoms with van der Waals surface area (Å²) in [6.07, 6.45) is 0. The second kappa shape index (κ2) is 8.63. The van der Waals surface area contributed by atoms with Crippen molar-refractivity contribution in [3.63, 3.8) is 0 Å². The molecule has 2 unspecified atom stereocenters. The lowest BCUT2D eigenvalue weighted by molar-refractivity contribution is -0.150. The summed E-state index contributed by atoms with van der Waals surface area (Å²) in [5.74, 6) is -2.64. The Hall–Kier alpha value is -2.25. The normalized spacial score (nSPS) is 20.3. The Morgan fingerprint density at radius 1 is 1.07 bits per heavy atom. The number of rotatable bonds is 6. The molecule has 1 aliphatic heterocycles. The van der Waals surface area contributed by atoms with Gasteiger partial charge in [-0.1, -0.05) is 60.7 Å². The third-order valence-corrected chi connectivity index (χ3v) is 6.17. The van der Waals surface area contributed by atoms with Gasteiger partial charge in [0.1, 0.15) is 17.3 Å². The van der Waals surface area contributed by atoms with Gasteiger partial charge in [0.2, 0.25) is 5.91 Å². The van der Waals surface area contributed by atoms with Crippen LogP contribution in [0.15, 0.2) is 60.7 Å². The highest BCUT2D eigenvalue weighted by Gasteiger charge is 2.45. The van der Waals surface area contributed by atoms with Gasteiger partial charge in [-0.3, -0.25) is 9.59 Å². The van der Waals surface area contributed by atoms with Gasteiger partial charge < -0.3 is 10.0 Å². The SMILES string of the molecule is O=C(O)C1CSC(c2ccccc2)N1C(=O)[C@@H](CS)C(=O)c1ccccc1. The number of amides is 1. The van der Waals surface area contributed by atoms with Crippen LogP contribution in [0.3, 0.4) is 0 Å². The molecule has 0 radical (unpaired) electrons. The molecule has 1 fully saturated rings. The Balaban J connectivity index is 1.94. The number of carboxylic acids is 1. The Morgan fingerprint density at radius 2 is 1.67 bits per heavy atom. The van der Waals surface area contributed by atoms with Gasteiger partial charge in [-0.2, -0.15) is 12.6 Å². The Kier molecular flexibility index (Phi) is 6.23. The Labute approximate surface area is 167 Å². The van der Waals surface area contributed by atoms with Crippen LogP contribution in [0.4, 0.5) is 0 Å². The summed E-state index contributed by atoms with van der Waals surface area (Å²) in [5, 5.41) is 9.16. The fourth-order valence-electron chi connectivity index (χ4n) is 3.10. The number of hydrogen-bond acceptors (Lipinski definition) is 5. The smallest absolute Gasteiger partial charge is 0.327 e. The maximum atomic E-state index is 13.3. The summed E-state index contributed by atoms with van der Waals surface area (Å²) in [7, 11) is 0. The predicted molar refractivity (Wildman–Crippen MR) is 108 cm³/mol. The highest BCUT2D eigenvalue weighted by Crippen LogP contribution is 2.42. The van der Waals surface area contributed by atoms with Crippen LogP contribution in [0.1, 0.15) is 21.3 Å². The van der Waals surface area contributed by atoms with E-state index in [1.54, 1.807) is 30.3 Å². The molecule has 27 heavy (non-hydrogen) atoms. The van der Waals surface area contributed by atoms with Gasteiger partial charge >= 0.3 is 5.97 Å². The molecule has 1 amide bonds. The van der Waals surface area contributed by atoms with Crippen molar-refractivity contribution < 1.29 is 19.5 Å². The number of Topliss-reactive ketones (excluding diaryl/α,β-unsaturated/α-hetero) is 1. The van der Waals surface area contributed by atoms with Crippen molar-refractivity contribution in [2.24, 2.45) is 5.92 Å². The molecule has 2 aromatic carbocycles. The maximum absolute atomic E-state index is 13.3. The number of thiol groups is 1. The van der Waals surface area contributed by atoms with Crippen LogP contribution < -0.4 is 0 Å². The molecular formula is C20H19NO4S2. The quantitative estimate of drug-likeness (QED) is 0.442. The molecule has 1 heterocycles. The van der Waals surface area contributed by atoms with E-state index >= 15 is 0 Å². The highest BCUT2D eigenvalue weighted by molar-refractivity contribution is 7.99. The molecule has 1 saturated heterocycles. The van der Waals surface area contributed by atoms with E-state index in [9.17, 15) is 19.5 Å². The first-order chi connectivity index (χ1) is 13.0. The zero-order valence-electron chi connectivity index (χ0n) is 14.4. The Bertz CT molecular complexity index is 828. The van der Waals surface area contributed by atoms with Crippen LogP contribution in [0, 0.1) is 5.92 Å². The largest absolute Gasteiger partial charge is 0.480 e. The Morgan fingerprint density at radius 3 is 2.22 bits per heavy atom. The zero-order chi connectivity index (χ0) is 19.4. The number of aliphatic carboxylic acids is 1. The second-order valence-corrected chi connectivity index (χ2v) is 7.64. The van der Waals surface area contributed by atoms with Crippen LogP contribution in [0.2, 0.25) is 0 Å². The summed E-state index contributed by atoms with van der Waals surface area (Å²) in [6, 6.07) is 16.8. The molecule has 5 nitrogen and oxygen atoms in total. The number of benzene rings is 2. The predicted octanol–water partition coefficient (Wildman–Crippen LogP) is 3.14. The molecular weight excluding hydrogens is 382 g/mol. The monoisotopic (exact) mass is 401 g/mol. The van der Waals surface area contributed by atoms with Crippen LogP contribution in [-0.2, 0) is 9.59 Å². The summed E-state index contributed by atoms with van der Waals surface area (Å²) >= 11 is 5.60. The number of ketones is 1. The lowest BCUT2D eigenvalue weighted by Crippen LogP contribution is -2.47. The number of hydrogen-bond donors (Lipinski definition) is 2. The summed E-state index contributed by atoms with van der Waals surface area (Å²) in [5.41, 5.74) is 1.25. The number of carboxylic acid groups (broad SMARTS) is 1. The second-order valence-electron chi connectivity index (χ2n) is 6.16. The van der Waals surface area contributed by atoms with Gasteiger partial charge in [-0.05, 0) is 5.56 Å². The third kappa shape index (κ3) is 4.04. The van der Waals surface area contributed by atoms with Crippen LogP contribution >= 0.6 is 24.4 Å². The molecule has 2 aromatic rings. The van der Waals surface area contributed by atoms with Gasteiger partial charge in [0.05, 0.1) is 0 Å². The maximum Gasteiger partial charge on any atom is 0.327 e. The molecule has 0 spiro atoms. The van der Waals surface area contributed by atoms with E-state index < -0.39 is 29.2 Å². The van der Waals surface area contributed by atoms with Crippen LogP contribution in [0.5, 0.6) is 0 Å². The van der Waals surface area contributed by atoms with Crippen molar-refractivity contribution in [3.8, 4) is 0 Å². The van der Waals surface area contributed by atoms with Crippen molar-refractivity contribution in [2.75, 3.05) is 11.5 Å². The fraction of sp³-hybridized carbons (Fsp3) is 0.250. The van der Waals surface area contributed by atoms with Crippen LogP contribution in [-0.4, -0.2) is 45.2 Å². The van der Waals surface area contributed by atoms with Gasteiger partial charge in [0.25, 0.3) is 0 Å². The molecule has 0 aromatic heterocycles. The third-order valence-electron chi connectivity index (χ3n) is 4.48. The van der Waals surface area contributed by atoms with Crippen molar-refractivity contribution in [1.29, 1.82) is 0 Å². The van der Waals surface area contributed by atoms with Crippen molar-refractivity contribution in [1.82, 2.24) is 4.90 Å². The topological polar surface area (TPSA) is 74.7 Å². The molecule has 1 aliphatic rings. The van der Waals surface area contributed by atoms with E-state index in [-0.39, 0.29) is 17.3 Å². The molecule has 0 saturated carbocycles. The van der Waals surface area contributed by atoms with E-state index in [4.69, 9.17) is 0 Å². The number of carbonyl (C=O) groups excluding carboxylic acids is 2. The van der Waals surface area contributed by atoms with E-state index in [1.807, 2.05) is 30.3 Å². The molecule has 140 valence electrons. The van der Waals surface area contributed by atoms with Gasteiger partial charge in [-0.15, -0.1) is 11.8 Å². The minimum atomic E-state index is -1.07. The molecule has 1 N–H and O–H groups in total. The van der Waals surface area contributed by atoms with Crippen molar-refractivity contribution in [3.05, 3.63) is 71.8 Å². The van der Waals surface area contributed by atoms with E-state index in [0.29, 0.717) is 5.56 Å². The van der Waals surface area contributed by atoms with Crippen molar-refractivity contribution >= 4 is 42.1 Å². The summed E-state index contributed by atoms with van der Waals surface area (Å²) in [6.45, 7) is 0. The average Bonchev–Trinajstić information content (AvgIpc) is 3.15. The molecule has 0 aliphatic carbocycles. The van der Waals surface area contributed by atoms with E-state index in [2.05, 4.69) is 12.6 Å². The number of nitrogens with zero attached hydrogens (tertiary/aromatic N) is 1. The molecule has 3 rings (SSSR count). The standard InChI is InChI=1S/C20H19NO4S2/c22-17(13-7-3-1-4-8-13)15(11-26)18(23)21-16(20(24)25)12-27-19(21)14-9-5-2-6-10-14/h1-10,15-16,19,26H,11-12H2,(H,24,25)/t15-,16?,19?/m0/s1. The average molecular weight is 402 g/mol. The van der Waals surface area contributed by atoms with E-state index in [1.165, 1.54) is 16.7 Å². The van der Waals surface area contributed by atoms with E-state index in [0.717, 1.165) is 5.56 Å². The van der Waals surface area contributed by atoms with Crippen molar-refractivity contribution in [2.45, 2.75) is 11.4 Å². The first kappa shape index (κ1) is 19.5. The minimum Gasteiger partial charge on any atom is -0.480 e. The first-order valence-electron chi connectivity index (χ1n) is 8.46. The molecule has 3 atom stereocenters. The highest BCUT2D eigenvalue weighted by atomic mass is 32.2. The lowest BCUT2D eigenvalue weighted by Gasteiger charge is -2.30. The zero-order valence-corrected chi connectivity index (χ0v) is 16.1. The lowest BCUT2D eigenvalue weighted by atomic mass is 9.97. The van der Waals surface area contributed by atoms with Gasteiger partial charge in [0, 0.05) is 17.1 Å². The fourth-order valence-corrected chi connectivity index (χ4v) is 4.85.